The van der Waals surface area contributed by atoms with E-state index in [1.54, 1.807) is 11.0 Å². The summed E-state index contributed by atoms with van der Waals surface area (Å²) < 4.78 is 20.0. The summed E-state index contributed by atoms with van der Waals surface area (Å²) in [6.07, 6.45) is 0.227. The summed E-state index contributed by atoms with van der Waals surface area (Å²) in [6.45, 7) is 10.4. The Hall–Kier alpha value is -1.63. The van der Waals surface area contributed by atoms with Crippen molar-refractivity contribution >= 4 is 27.9 Å². The minimum absolute atomic E-state index is 0.0126. The molecule has 1 aliphatic rings. The van der Waals surface area contributed by atoms with Crippen LogP contribution in [0.2, 0.25) is 0 Å². The number of hydrogen-bond donors (Lipinski definition) is 1. The van der Waals surface area contributed by atoms with Crippen molar-refractivity contribution in [3.05, 3.63) is 34.1 Å². The number of rotatable bonds is 2. The van der Waals surface area contributed by atoms with Crippen molar-refractivity contribution in [3.63, 3.8) is 0 Å². The van der Waals surface area contributed by atoms with Gasteiger partial charge in [-0.05, 0) is 45.4 Å². The number of piperidine rings is 1. The number of nitrogens with zero attached hydrogens (tertiary/aromatic N) is 1. The number of hydrogen-bond acceptors (Lipinski definition) is 3. The maximum absolute atomic E-state index is 14.0. The third kappa shape index (κ3) is 5.19. The Labute approximate surface area is 162 Å². The SMILES string of the molecule is CC(C)(C)OC(=O)N1CC[C@H](NC(=O)c2ccc(Br)cc2F)C(C)(C)C1. The van der Waals surface area contributed by atoms with Gasteiger partial charge in [0.25, 0.3) is 5.91 Å². The van der Waals surface area contributed by atoms with Crippen LogP contribution in [0.5, 0.6) is 0 Å². The summed E-state index contributed by atoms with van der Waals surface area (Å²) in [6, 6.07) is 4.19. The van der Waals surface area contributed by atoms with E-state index in [-0.39, 0.29) is 23.1 Å². The number of amides is 2. The van der Waals surface area contributed by atoms with Gasteiger partial charge in [-0.3, -0.25) is 4.79 Å². The molecular weight excluding hydrogens is 403 g/mol. The van der Waals surface area contributed by atoms with Crippen LogP contribution in [0.4, 0.5) is 9.18 Å². The highest BCUT2D eigenvalue weighted by Gasteiger charge is 2.39. The molecule has 0 saturated carbocycles. The fraction of sp³-hybridized carbons (Fsp3) is 0.579. The van der Waals surface area contributed by atoms with Crippen LogP contribution in [0.3, 0.4) is 0 Å². The van der Waals surface area contributed by atoms with Crippen molar-refractivity contribution < 1.29 is 18.7 Å². The molecule has 0 aromatic heterocycles. The molecule has 1 heterocycles. The second kappa shape index (κ2) is 7.55. The van der Waals surface area contributed by atoms with E-state index in [0.29, 0.717) is 24.0 Å². The van der Waals surface area contributed by atoms with E-state index < -0.39 is 17.3 Å². The third-order valence-corrected chi connectivity index (χ3v) is 4.86. The van der Waals surface area contributed by atoms with Gasteiger partial charge in [-0.25, -0.2) is 9.18 Å². The first kappa shape index (κ1) is 20.7. The molecule has 7 heteroatoms. The average Bonchev–Trinajstić information content (AvgIpc) is 2.47. The van der Waals surface area contributed by atoms with Crippen LogP contribution in [-0.2, 0) is 4.74 Å². The number of halogens is 2. The van der Waals surface area contributed by atoms with Gasteiger partial charge in [-0.2, -0.15) is 0 Å². The number of benzene rings is 1. The molecule has 1 atom stereocenters. The van der Waals surface area contributed by atoms with Crippen molar-refractivity contribution in [2.24, 2.45) is 5.41 Å². The lowest BCUT2D eigenvalue weighted by molar-refractivity contribution is 0.00269. The van der Waals surface area contributed by atoms with E-state index in [1.165, 1.54) is 12.1 Å². The summed E-state index contributed by atoms with van der Waals surface area (Å²) in [4.78, 5) is 26.4. The summed E-state index contributed by atoms with van der Waals surface area (Å²) in [7, 11) is 0. The fourth-order valence-electron chi connectivity index (χ4n) is 3.02. The summed E-state index contributed by atoms with van der Waals surface area (Å²) in [5.41, 5.74) is -0.902. The lowest BCUT2D eigenvalue weighted by Gasteiger charge is -2.44. The van der Waals surface area contributed by atoms with Crippen LogP contribution in [0, 0.1) is 11.2 Å². The highest BCUT2D eigenvalue weighted by atomic mass is 79.9. The van der Waals surface area contributed by atoms with Crippen LogP contribution in [0.15, 0.2) is 22.7 Å². The quantitative estimate of drug-likeness (QED) is 0.761. The molecule has 26 heavy (non-hydrogen) atoms. The van der Waals surface area contributed by atoms with Gasteiger partial charge in [-0.1, -0.05) is 29.8 Å². The number of carbonyl (C=O) groups excluding carboxylic acids is 2. The Kier molecular flexibility index (Phi) is 6.00. The molecule has 0 radical (unpaired) electrons. The molecule has 1 aliphatic heterocycles. The van der Waals surface area contributed by atoms with E-state index in [9.17, 15) is 14.0 Å². The van der Waals surface area contributed by atoms with Crippen molar-refractivity contribution in [1.82, 2.24) is 10.2 Å². The first-order chi connectivity index (χ1) is 11.9. The Balaban J connectivity index is 2.04. The third-order valence-electron chi connectivity index (χ3n) is 4.36. The molecule has 1 N–H and O–H groups in total. The molecule has 1 saturated heterocycles. The minimum Gasteiger partial charge on any atom is -0.444 e. The number of carbonyl (C=O) groups is 2. The molecule has 2 amide bonds. The van der Waals surface area contributed by atoms with Gasteiger partial charge in [0.2, 0.25) is 0 Å². The van der Waals surface area contributed by atoms with Crippen molar-refractivity contribution in [2.75, 3.05) is 13.1 Å². The molecule has 5 nitrogen and oxygen atoms in total. The number of nitrogens with one attached hydrogen (secondary N) is 1. The van der Waals surface area contributed by atoms with E-state index in [4.69, 9.17) is 4.74 Å². The number of likely N-dealkylation sites (tertiary alicyclic amines) is 1. The van der Waals surface area contributed by atoms with Crippen LogP contribution in [0.1, 0.15) is 51.4 Å². The molecule has 2 rings (SSSR count). The van der Waals surface area contributed by atoms with Crippen molar-refractivity contribution in [1.29, 1.82) is 0 Å². The Morgan fingerprint density at radius 2 is 2.00 bits per heavy atom. The molecule has 1 fully saturated rings. The lowest BCUT2D eigenvalue weighted by atomic mass is 9.79. The van der Waals surface area contributed by atoms with Crippen molar-refractivity contribution in [2.45, 2.75) is 52.7 Å². The maximum atomic E-state index is 14.0. The zero-order valence-corrected chi connectivity index (χ0v) is 17.4. The number of ether oxygens (including phenoxy) is 1. The molecule has 0 unspecified atom stereocenters. The van der Waals surface area contributed by atoms with Gasteiger partial charge in [0.1, 0.15) is 11.4 Å². The zero-order valence-electron chi connectivity index (χ0n) is 15.9. The van der Waals surface area contributed by atoms with Crippen LogP contribution in [-0.4, -0.2) is 41.6 Å². The molecule has 144 valence electrons. The normalized spacial score (nSPS) is 19.8. The summed E-state index contributed by atoms with van der Waals surface area (Å²) in [5, 5.41) is 2.92. The van der Waals surface area contributed by atoms with E-state index in [1.807, 2.05) is 34.6 Å². The topological polar surface area (TPSA) is 58.6 Å². The minimum atomic E-state index is -0.569. The monoisotopic (exact) mass is 428 g/mol. The maximum Gasteiger partial charge on any atom is 0.410 e. The molecular formula is C19H26BrFN2O3. The first-order valence-electron chi connectivity index (χ1n) is 8.63. The van der Waals surface area contributed by atoms with Gasteiger partial charge in [-0.15, -0.1) is 0 Å². The summed E-state index contributed by atoms with van der Waals surface area (Å²) in [5.74, 6) is -1.01. The Morgan fingerprint density at radius 3 is 2.54 bits per heavy atom. The van der Waals surface area contributed by atoms with E-state index >= 15 is 0 Å². The van der Waals surface area contributed by atoms with E-state index in [0.717, 1.165) is 0 Å². The second-order valence-corrected chi connectivity index (χ2v) is 9.25. The van der Waals surface area contributed by atoms with Crippen molar-refractivity contribution in [3.8, 4) is 0 Å². The van der Waals surface area contributed by atoms with Crippen LogP contribution >= 0.6 is 15.9 Å². The van der Waals surface area contributed by atoms with Crippen LogP contribution in [0.25, 0.3) is 0 Å². The van der Waals surface area contributed by atoms with E-state index in [2.05, 4.69) is 21.2 Å². The first-order valence-corrected chi connectivity index (χ1v) is 9.42. The zero-order chi connectivity index (χ0) is 19.7. The van der Waals surface area contributed by atoms with Gasteiger partial charge in [0, 0.05) is 29.0 Å². The Morgan fingerprint density at radius 1 is 1.35 bits per heavy atom. The lowest BCUT2D eigenvalue weighted by Crippen LogP contribution is -2.57. The van der Waals surface area contributed by atoms with Crippen LogP contribution < -0.4 is 5.32 Å². The molecule has 0 aliphatic carbocycles. The molecule has 0 bridgehead atoms. The Bertz CT molecular complexity index is 701. The smallest absolute Gasteiger partial charge is 0.410 e. The predicted molar refractivity (Wildman–Crippen MR) is 102 cm³/mol. The van der Waals surface area contributed by atoms with Gasteiger partial charge in [0.15, 0.2) is 0 Å². The largest absolute Gasteiger partial charge is 0.444 e. The average molecular weight is 429 g/mol. The second-order valence-electron chi connectivity index (χ2n) is 8.33. The standard InChI is InChI=1S/C19H26BrFN2O3/c1-18(2,3)26-17(25)23-9-8-15(19(4,5)11-23)22-16(24)13-7-6-12(20)10-14(13)21/h6-7,10,15H,8-9,11H2,1-5H3,(H,22,24)/t15-/m0/s1. The fourth-order valence-corrected chi connectivity index (χ4v) is 3.35. The molecule has 0 spiro atoms. The van der Waals surface area contributed by atoms with Gasteiger partial charge < -0.3 is 15.0 Å². The predicted octanol–water partition coefficient (Wildman–Crippen LogP) is 4.35. The highest BCUT2D eigenvalue weighted by molar-refractivity contribution is 9.10. The molecule has 1 aromatic carbocycles. The van der Waals surface area contributed by atoms with Gasteiger partial charge in [0.05, 0.1) is 5.56 Å². The molecule has 1 aromatic rings. The van der Waals surface area contributed by atoms with Gasteiger partial charge >= 0.3 is 6.09 Å². The highest BCUT2D eigenvalue weighted by Crippen LogP contribution is 2.30. The summed E-state index contributed by atoms with van der Waals surface area (Å²) >= 11 is 3.18.